The van der Waals surface area contributed by atoms with Gasteiger partial charge in [-0.15, -0.1) is 5.10 Å². The Bertz CT molecular complexity index is 765. The molecule has 6 nitrogen and oxygen atoms in total. The number of nitrogens with zero attached hydrogens (tertiary/aromatic N) is 4. The Labute approximate surface area is 129 Å². The first kappa shape index (κ1) is 13.8. The Morgan fingerprint density at radius 1 is 1.38 bits per heavy atom. The van der Waals surface area contributed by atoms with Crippen molar-refractivity contribution in [1.29, 1.82) is 0 Å². The van der Waals surface area contributed by atoms with Gasteiger partial charge in [-0.1, -0.05) is 0 Å². The van der Waals surface area contributed by atoms with Crippen molar-refractivity contribution >= 4 is 33.4 Å². The molecule has 1 amide bonds. The SMILES string of the molecule is CC(CC(=O)Nc1nc2ccc(Br)cn2n1)n1cccc1. The van der Waals surface area contributed by atoms with Gasteiger partial charge in [-0.3, -0.25) is 10.1 Å². The fourth-order valence-corrected chi connectivity index (χ4v) is 2.43. The number of rotatable bonds is 4. The maximum absolute atomic E-state index is 12.0. The summed E-state index contributed by atoms with van der Waals surface area (Å²) in [5, 5.41) is 6.95. The summed E-state index contributed by atoms with van der Waals surface area (Å²) in [5.74, 6) is 0.212. The van der Waals surface area contributed by atoms with Gasteiger partial charge in [0.05, 0.1) is 0 Å². The third-order valence-electron chi connectivity index (χ3n) is 3.16. The second-order valence-corrected chi connectivity index (χ2v) is 5.73. The first-order valence-electron chi connectivity index (χ1n) is 6.56. The van der Waals surface area contributed by atoms with E-state index < -0.39 is 0 Å². The molecule has 0 aliphatic carbocycles. The highest BCUT2D eigenvalue weighted by Gasteiger charge is 2.12. The van der Waals surface area contributed by atoms with Crippen LogP contribution in [0.25, 0.3) is 5.65 Å². The van der Waals surface area contributed by atoms with E-state index in [1.807, 2.05) is 48.1 Å². The van der Waals surface area contributed by atoms with E-state index in [-0.39, 0.29) is 11.9 Å². The van der Waals surface area contributed by atoms with Gasteiger partial charge in [0.25, 0.3) is 0 Å². The zero-order valence-corrected chi connectivity index (χ0v) is 13.0. The van der Waals surface area contributed by atoms with Gasteiger partial charge in [0.15, 0.2) is 5.65 Å². The van der Waals surface area contributed by atoms with Gasteiger partial charge < -0.3 is 4.57 Å². The molecule has 21 heavy (non-hydrogen) atoms. The average Bonchev–Trinajstić information content (AvgIpc) is 3.06. The van der Waals surface area contributed by atoms with Crippen LogP contribution in [0.2, 0.25) is 0 Å². The van der Waals surface area contributed by atoms with Crippen LogP contribution in [0.3, 0.4) is 0 Å². The minimum absolute atomic E-state index is 0.0891. The molecule has 3 aromatic rings. The highest BCUT2D eigenvalue weighted by molar-refractivity contribution is 9.10. The van der Waals surface area contributed by atoms with Crippen molar-refractivity contribution in [3.63, 3.8) is 0 Å². The van der Waals surface area contributed by atoms with Crippen LogP contribution in [0.15, 0.2) is 47.3 Å². The summed E-state index contributed by atoms with van der Waals surface area (Å²) in [6.45, 7) is 1.99. The summed E-state index contributed by atoms with van der Waals surface area (Å²) in [6, 6.07) is 7.68. The van der Waals surface area contributed by atoms with Gasteiger partial charge in [0.2, 0.25) is 11.9 Å². The second kappa shape index (κ2) is 5.69. The number of carbonyl (C=O) groups is 1. The van der Waals surface area contributed by atoms with Crippen LogP contribution in [0.5, 0.6) is 0 Å². The summed E-state index contributed by atoms with van der Waals surface area (Å²) in [5.41, 5.74) is 0.687. The number of hydrogen-bond acceptors (Lipinski definition) is 3. The number of fused-ring (bicyclic) bond motifs is 1. The molecular weight excluding hydrogens is 334 g/mol. The monoisotopic (exact) mass is 347 g/mol. The summed E-state index contributed by atoms with van der Waals surface area (Å²) >= 11 is 3.37. The van der Waals surface area contributed by atoms with Crippen molar-refractivity contribution in [2.45, 2.75) is 19.4 Å². The van der Waals surface area contributed by atoms with Gasteiger partial charge in [-0.25, -0.2) is 4.52 Å². The summed E-state index contributed by atoms with van der Waals surface area (Å²) < 4.78 is 4.52. The van der Waals surface area contributed by atoms with Crippen molar-refractivity contribution in [2.75, 3.05) is 5.32 Å². The predicted molar refractivity (Wildman–Crippen MR) is 83.1 cm³/mol. The van der Waals surface area contributed by atoms with Gasteiger partial charge in [0, 0.05) is 35.5 Å². The minimum Gasteiger partial charge on any atom is -0.351 e. The number of anilines is 1. The molecule has 0 radical (unpaired) electrons. The van der Waals surface area contributed by atoms with Crippen LogP contribution in [0.4, 0.5) is 5.95 Å². The fraction of sp³-hybridized carbons (Fsp3) is 0.214. The Morgan fingerprint density at radius 3 is 2.90 bits per heavy atom. The molecule has 0 saturated heterocycles. The number of pyridine rings is 1. The molecular formula is C14H14BrN5O. The molecule has 0 saturated carbocycles. The Hall–Kier alpha value is -2.15. The zero-order chi connectivity index (χ0) is 14.8. The molecule has 0 spiro atoms. The first-order valence-corrected chi connectivity index (χ1v) is 7.35. The molecule has 0 aliphatic rings. The van der Waals surface area contributed by atoms with Gasteiger partial charge >= 0.3 is 0 Å². The van der Waals surface area contributed by atoms with Crippen LogP contribution < -0.4 is 5.32 Å². The lowest BCUT2D eigenvalue weighted by molar-refractivity contribution is -0.116. The van der Waals surface area contributed by atoms with Crippen LogP contribution >= 0.6 is 15.9 Å². The molecule has 0 bridgehead atoms. The normalized spacial score (nSPS) is 12.5. The Morgan fingerprint density at radius 2 is 2.14 bits per heavy atom. The highest BCUT2D eigenvalue weighted by atomic mass is 79.9. The van der Waals surface area contributed by atoms with Crippen LogP contribution in [-0.2, 0) is 4.79 Å². The third-order valence-corrected chi connectivity index (χ3v) is 3.63. The zero-order valence-electron chi connectivity index (χ0n) is 11.4. The number of hydrogen-bond donors (Lipinski definition) is 1. The highest BCUT2D eigenvalue weighted by Crippen LogP contribution is 2.14. The standard InChI is InChI=1S/C14H14BrN5O/c1-10(19-6-2-3-7-19)8-13(21)17-14-16-12-5-4-11(15)9-20(12)18-14/h2-7,9-10H,8H2,1H3,(H,17,18,21). The molecule has 1 N–H and O–H groups in total. The molecule has 0 fully saturated rings. The summed E-state index contributed by atoms with van der Waals surface area (Å²) in [7, 11) is 0. The molecule has 0 aliphatic heterocycles. The van der Waals surface area contributed by atoms with Gasteiger partial charge in [-0.05, 0) is 47.1 Å². The van der Waals surface area contributed by atoms with Crippen LogP contribution in [0.1, 0.15) is 19.4 Å². The van der Waals surface area contributed by atoms with E-state index in [1.54, 1.807) is 10.7 Å². The largest absolute Gasteiger partial charge is 0.351 e. The van der Waals surface area contributed by atoms with Crippen LogP contribution in [0, 0.1) is 0 Å². The third kappa shape index (κ3) is 3.13. The molecule has 3 heterocycles. The smallest absolute Gasteiger partial charge is 0.249 e. The average molecular weight is 348 g/mol. The molecule has 0 aromatic carbocycles. The number of nitrogens with one attached hydrogen (secondary N) is 1. The Balaban J connectivity index is 1.68. The first-order chi connectivity index (χ1) is 10.1. The van der Waals surface area contributed by atoms with Crippen molar-refractivity contribution in [3.8, 4) is 0 Å². The molecule has 1 atom stereocenters. The van der Waals surface area contributed by atoms with E-state index in [1.165, 1.54) is 0 Å². The maximum atomic E-state index is 12.0. The van der Waals surface area contributed by atoms with E-state index in [0.717, 1.165) is 4.47 Å². The molecule has 7 heteroatoms. The number of carbonyl (C=O) groups excluding carboxylic acids is 1. The van der Waals surface area contributed by atoms with Crippen molar-refractivity contribution in [2.24, 2.45) is 0 Å². The number of aromatic nitrogens is 4. The van der Waals surface area contributed by atoms with Gasteiger partial charge in [0.1, 0.15) is 0 Å². The number of amides is 1. The number of halogens is 1. The molecule has 108 valence electrons. The lowest BCUT2D eigenvalue weighted by Gasteiger charge is -2.12. The lowest BCUT2D eigenvalue weighted by Crippen LogP contribution is -2.17. The van der Waals surface area contributed by atoms with E-state index in [4.69, 9.17) is 0 Å². The maximum Gasteiger partial charge on any atom is 0.249 e. The molecule has 3 aromatic heterocycles. The van der Waals surface area contributed by atoms with E-state index in [0.29, 0.717) is 18.0 Å². The quantitative estimate of drug-likeness (QED) is 0.789. The van der Waals surface area contributed by atoms with Crippen molar-refractivity contribution < 1.29 is 4.79 Å². The van der Waals surface area contributed by atoms with Crippen molar-refractivity contribution in [1.82, 2.24) is 19.2 Å². The van der Waals surface area contributed by atoms with E-state index in [2.05, 4.69) is 31.3 Å². The summed E-state index contributed by atoms with van der Waals surface area (Å²) in [6.07, 6.45) is 6.05. The van der Waals surface area contributed by atoms with E-state index in [9.17, 15) is 4.79 Å². The second-order valence-electron chi connectivity index (χ2n) is 4.82. The molecule has 3 rings (SSSR count). The van der Waals surface area contributed by atoms with Crippen molar-refractivity contribution in [3.05, 3.63) is 47.3 Å². The lowest BCUT2D eigenvalue weighted by atomic mass is 10.2. The Kier molecular flexibility index (Phi) is 3.74. The summed E-state index contributed by atoms with van der Waals surface area (Å²) in [4.78, 5) is 16.3. The minimum atomic E-state index is -0.105. The van der Waals surface area contributed by atoms with Crippen LogP contribution in [-0.4, -0.2) is 25.1 Å². The fourth-order valence-electron chi connectivity index (χ4n) is 2.10. The predicted octanol–water partition coefficient (Wildman–Crippen LogP) is 2.88. The van der Waals surface area contributed by atoms with E-state index >= 15 is 0 Å². The molecule has 1 unspecified atom stereocenters. The van der Waals surface area contributed by atoms with Gasteiger partial charge in [-0.2, -0.15) is 4.98 Å². The topological polar surface area (TPSA) is 64.2 Å².